The maximum Gasteiger partial charge on any atom is 0.277 e. The Kier molecular flexibility index (Phi) is 11.9. The molecular formula is C18H34N2+2. The molecule has 2 nitrogen and oxygen atoms in total. The maximum absolute atomic E-state index is 2.22. The van der Waals surface area contributed by atoms with E-state index < -0.39 is 0 Å². The lowest BCUT2D eigenvalue weighted by Gasteiger charge is -2.03. The second-order valence-electron chi connectivity index (χ2n) is 4.50. The van der Waals surface area contributed by atoms with Crippen LogP contribution in [0.3, 0.4) is 0 Å². The summed E-state index contributed by atoms with van der Waals surface area (Å²) < 4.78 is 4.43. The summed E-state index contributed by atoms with van der Waals surface area (Å²) in [7, 11) is 4.21. The van der Waals surface area contributed by atoms with Crippen molar-refractivity contribution in [3.8, 4) is 0 Å². The van der Waals surface area contributed by atoms with Gasteiger partial charge < -0.3 is 0 Å². The predicted octanol–water partition coefficient (Wildman–Crippen LogP) is 5.25. The van der Waals surface area contributed by atoms with Crippen LogP contribution in [0, 0.1) is 0 Å². The molecule has 0 saturated carbocycles. The molecule has 0 spiro atoms. The van der Waals surface area contributed by atoms with E-state index in [-0.39, 0.29) is 0 Å². The third kappa shape index (κ3) is 6.14. The zero-order valence-corrected chi connectivity index (χ0v) is 15.2. The van der Waals surface area contributed by atoms with Gasteiger partial charge in [-0.2, -0.15) is 9.15 Å². The fourth-order valence-corrected chi connectivity index (χ4v) is 1.51. The van der Waals surface area contributed by atoms with Crippen molar-refractivity contribution in [1.29, 1.82) is 0 Å². The molecule has 2 heteroatoms. The van der Waals surface area contributed by atoms with Crippen molar-refractivity contribution in [1.82, 2.24) is 0 Å². The molecule has 0 fully saturated rings. The zero-order valence-electron chi connectivity index (χ0n) is 15.2. The molecule has 0 atom stereocenters. The molecule has 0 radical (unpaired) electrons. The Morgan fingerprint density at radius 2 is 0.900 bits per heavy atom. The van der Waals surface area contributed by atoms with Crippen LogP contribution in [0.1, 0.15) is 55.4 Å². The van der Waals surface area contributed by atoms with Gasteiger partial charge in [-0.05, 0) is 0 Å². The van der Waals surface area contributed by atoms with E-state index in [1.54, 1.807) is 0 Å². The van der Waals surface area contributed by atoms with Crippen LogP contribution in [0.25, 0.3) is 0 Å². The molecule has 0 saturated heterocycles. The van der Waals surface area contributed by atoms with E-state index in [1.165, 1.54) is 22.8 Å². The first-order chi connectivity index (χ1) is 9.45. The Hall–Kier alpha value is -1.44. The molecule has 0 bridgehead atoms. The summed E-state index contributed by atoms with van der Waals surface area (Å²) in [5, 5.41) is 0. The minimum atomic E-state index is 1.24. The smallest absolute Gasteiger partial charge is 0.198 e. The summed E-state index contributed by atoms with van der Waals surface area (Å²) in [6.45, 7) is 16.5. The number of hydrogen-bond donors (Lipinski definition) is 0. The highest BCUT2D eigenvalue weighted by Gasteiger charge is 2.19. The van der Waals surface area contributed by atoms with E-state index in [0.717, 1.165) is 0 Å². The van der Waals surface area contributed by atoms with Crippen molar-refractivity contribution in [3.63, 3.8) is 0 Å². The van der Waals surface area contributed by atoms with Crippen molar-refractivity contribution in [2.45, 2.75) is 55.4 Å². The van der Waals surface area contributed by atoms with Gasteiger partial charge in [0.15, 0.2) is 11.4 Å². The van der Waals surface area contributed by atoms with Gasteiger partial charge in [0.25, 0.3) is 11.4 Å². The van der Waals surface area contributed by atoms with Crippen LogP contribution in [0.5, 0.6) is 0 Å². The summed E-state index contributed by atoms with van der Waals surface area (Å²) in [6, 6.07) is 8.47. The standard InChI is InChI=1S/C14H22N2.2C2H6/c1-11(2)15(5)13-9-7-8-10-14(13)16(6)12(3)4;2*1-2/h7-10H,1-6H3;2*1-2H3/q+2;;. The molecule has 0 amide bonds. The van der Waals surface area contributed by atoms with Crippen molar-refractivity contribution in [3.05, 3.63) is 24.3 Å². The summed E-state index contributed by atoms with van der Waals surface area (Å²) in [5.41, 5.74) is 5.06. The first-order valence-corrected chi connectivity index (χ1v) is 7.62. The van der Waals surface area contributed by atoms with Gasteiger partial charge in [-0.25, -0.2) is 0 Å². The van der Waals surface area contributed by atoms with Gasteiger partial charge >= 0.3 is 0 Å². The largest absolute Gasteiger partial charge is 0.277 e. The first kappa shape index (κ1) is 20.9. The van der Waals surface area contributed by atoms with Crippen molar-refractivity contribution < 1.29 is 9.15 Å². The van der Waals surface area contributed by atoms with Gasteiger partial charge in [-0.3, -0.25) is 0 Å². The molecule has 1 aromatic carbocycles. The number of benzene rings is 1. The van der Waals surface area contributed by atoms with Gasteiger partial charge in [0.2, 0.25) is 0 Å². The first-order valence-electron chi connectivity index (χ1n) is 7.62. The lowest BCUT2D eigenvalue weighted by molar-refractivity contribution is -0.442. The van der Waals surface area contributed by atoms with Gasteiger partial charge in [0, 0.05) is 39.8 Å². The monoisotopic (exact) mass is 278 g/mol. The minimum Gasteiger partial charge on any atom is -0.198 e. The molecule has 0 aromatic heterocycles. The van der Waals surface area contributed by atoms with Crippen molar-refractivity contribution in [2.75, 3.05) is 14.1 Å². The number of rotatable bonds is 2. The van der Waals surface area contributed by atoms with Crippen LogP contribution in [-0.2, 0) is 0 Å². The fourth-order valence-electron chi connectivity index (χ4n) is 1.51. The fraction of sp³-hybridized carbons (Fsp3) is 0.556. The Morgan fingerprint density at radius 1 is 0.650 bits per heavy atom. The summed E-state index contributed by atoms with van der Waals surface area (Å²) >= 11 is 0. The Bertz CT molecular complexity index is 403. The quantitative estimate of drug-likeness (QED) is 0.515. The van der Waals surface area contributed by atoms with Gasteiger partial charge in [-0.15, -0.1) is 0 Å². The highest BCUT2D eigenvalue weighted by molar-refractivity contribution is 5.77. The van der Waals surface area contributed by atoms with Crippen LogP contribution in [-0.4, -0.2) is 34.7 Å². The van der Waals surface area contributed by atoms with Crippen LogP contribution in [0.4, 0.5) is 11.4 Å². The molecule has 0 aliphatic heterocycles. The topological polar surface area (TPSA) is 6.02 Å². The Balaban J connectivity index is 0. The lowest BCUT2D eigenvalue weighted by atomic mass is 10.2. The molecule has 1 aromatic rings. The van der Waals surface area contributed by atoms with Gasteiger partial charge in [0.1, 0.15) is 14.1 Å². The minimum absolute atomic E-state index is 1.24. The summed E-state index contributed by atoms with van der Waals surface area (Å²) in [5.74, 6) is 0. The molecule has 0 aliphatic carbocycles. The Labute approximate surface area is 126 Å². The second kappa shape index (κ2) is 11.4. The molecule has 114 valence electrons. The van der Waals surface area contributed by atoms with E-state index in [2.05, 4.69) is 75.2 Å². The molecule has 1 rings (SSSR count). The number of para-hydroxylation sites is 2. The van der Waals surface area contributed by atoms with E-state index in [4.69, 9.17) is 0 Å². The highest BCUT2D eigenvalue weighted by Crippen LogP contribution is 2.25. The normalized spacial score (nSPS) is 8.50. The predicted molar refractivity (Wildman–Crippen MR) is 93.5 cm³/mol. The molecular weight excluding hydrogens is 244 g/mol. The molecule has 0 heterocycles. The van der Waals surface area contributed by atoms with Gasteiger partial charge in [-0.1, -0.05) is 39.8 Å². The molecule has 0 aliphatic rings. The van der Waals surface area contributed by atoms with Crippen LogP contribution >= 0.6 is 0 Å². The Morgan fingerprint density at radius 3 is 1.10 bits per heavy atom. The van der Waals surface area contributed by atoms with Crippen LogP contribution < -0.4 is 0 Å². The van der Waals surface area contributed by atoms with E-state index in [0.29, 0.717) is 0 Å². The number of nitrogens with zero attached hydrogens (tertiary/aromatic N) is 2. The van der Waals surface area contributed by atoms with E-state index in [1.807, 2.05) is 27.7 Å². The van der Waals surface area contributed by atoms with Crippen molar-refractivity contribution >= 4 is 22.8 Å². The van der Waals surface area contributed by atoms with E-state index >= 15 is 0 Å². The molecule has 20 heavy (non-hydrogen) atoms. The van der Waals surface area contributed by atoms with Gasteiger partial charge in [0.05, 0.1) is 0 Å². The molecule has 0 unspecified atom stereocenters. The highest BCUT2D eigenvalue weighted by atomic mass is 15.1. The molecule has 0 N–H and O–H groups in total. The van der Waals surface area contributed by atoms with Crippen LogP contribution in [0.15, 0.2) is 24.3 Å². The average molecular weight is 278 g/mol. The second-order valence-corrected chi connectivity index (χ2v) is 4.50. The van der Waals surface area contributed by atoms with E-state index in [9.17, 15) is 0 Å². The average Bonchev–Trinajstić information content (AvgIpc) is 2.49. The third-order valence-electron chi connectivity index (χ3n) is 2.95. The zero-order chi connectivity index (χ0) is 16.3. The van der Waals surface area contributed by atoms with Crippen molar-refractivity contribution in [2.24, 2.45) is 0 Å². The SMILES string of the molecule is CC.CC.CC(C)=[N+](C)c1ccccc1[N+](C)=C(C)C. The summed E-state index contributed by atoms with van der Waals surface area (Å²) in [6.07, 6.45) is 0. The summed E-state index contributed by atoms with van der Waals surface area (Å²) in [4.78, 5) is 0. The third-order valence-corrected chi connectivity index (χ3v) is 2.95. The number of hydrogen-bond acceptors (Lipinski definition) is 0. The van der Waals surface area contributed by atoms with Crippen LogP contribution in [0.2, 0.25) is 0 Å². The lowest BCUT2D eigenvalue weighted by Crippen LogP contribution is -2.11. The maximum atomic E-state index is 2.22.